The molecule has 2 aromatic heterocycles. The number of hydrogen-bond donors (Lipinski definition) is 2. The molecule has 8 heteroatoms. The van der Waals surface area contributed by atoms with E-state index in [0.29, 0.717) is 15.8 Å². The maximum absolute atomic E-state index is 12.6. The molecule has 0 saturated heterocycles. The third-order valence-electron chi connectivity index (χ3n) is 5.16. The normalized spacial score (nSPS) is 13.6. The number of hydrogen-bond acceptors (Lipinski definition) is 5. The van der Waals surface area contributed by atoms with Gasteiger partial charge in [0, 0.05) is 4.88 Å². The molecule has 0 spiro atoms. The number of fused-ring (bicyclic) bond motifs is 2. The van der Waals surface area contributed by atoms with Crippen LogP contribution in [0.15, 0.2) is 35.4 Å². The van der Waals surface area contributed by atoms with Gasteiger partial charge in [-0.2, -0.15) is 0 Å². The third kappa shape index (κ3) is 4.07. The van der Waals surface area contributed by atoms with Crippen molar-refractivity contribution in [2.75, 3.05) is 0 Å². The summed E-state index contributed by atoms with van der Waals surface area (Å²) in [6.45, 7) is 1.66. The Morgan fingerprint density at radius 1 is 1.17 bits per heavy atom. The first-order chi connectivity index (χ1) is 14.0. The Balaban J connectivity index is 1.40. The third-order valence-corrected chi connectivity index (χ3v) is 6.39. The highest BCUT2D eigenvalue weighted by molar-refractivity contribution is 7.14. The summed E-state index contributed by atoms with van der Waals surface area (Å²) >= 11 is 1.49. The SMILES string of the molecule is Cc1cccc2c(=O)n(CC(=O)NNC(=O)c3cc4c(s3)CCCCC4)cnc12. The molecule has 2 heterocycles. The summed E-state index contributed by atoms with van der Waals surface area (Å²) in [7, 11) is 0. The Bertz CT molecular complexity index is 1130. The first-order valence-corrected chi connectivity index (χ1v) is 10.5. The van der Waals surface area contributed by atoms with Crippen molar-refractivity contribution in [1.29, 1.82) is 0 Å². The summed E-state index contributed by atoms with van der Waals surface area (Å²) in [6, 6.07) is 7.28. The highest BCUT2D eigenvalue weighted by atomic mass is 32.1. The van der Waals surface area contributed by atoms with Crippen LogP contribution in [0, 0.1) is 6.92 Å². The van der Waals surface area contributed by atoms with E-state index in [-0.39, 0.29) is 18.0 Å². The molecule has 2 N–H and O–H groups in total. The van der Waals surface area contributed by atoms with Gasteiger partial charge in [-0.25, -0.2) is 4.98 Å². The van der Waals surface area contributed by atoms with Crippen molar-refractivity contribution in [3.63, 3.8) is 0 Å². The summed E-state index contributed by atoms with van der Waals surface area (Å²) in [5.74, 6) is -0.830. The number of amides is 2. The van der Waals surface area contributed by atoms with E-state index in [1.54, 1.807) is 12.1 Å². The van der Waals surface area contributed by atoms with Gasteiger partial charge in [0.15, 0.2) is 0 Å². The number of aromatic nitrogens is 2. The lowest BCUT2D eigenvalue weighted by molar-refractivity contribution is -0.122. The lowest BCUT2D eigenvalue weighted by Crippen LogP contribution is -2.44. The van der Waals surface area contributed by atoms with E-state index in [0.717, 1.165) is 31.2 Å². The second-order valence-corrected chi connectivity index (χ2v) is 8.41. The number of hydrazine groups is 1. The molecule has 0 aliphatic heterocycles. The van der Waals surface area contributed by atoms with Gasteiger partial charge < -0.3 is 0 Å². The fourth-order valence-electron chi connectivity index (χ4n) is 3.61. The number of nitrogens with zero attached hydrogens (tertiary/aromatic N) is 2. The van der Waals surface area contributed by atoms with Crippen LogP contribution in [-0.4, -0.2) is 21.4 Å². The molecular formula is C21H22N4O3S. The molecular weight excluding hydrogens is 388 g/mol. The number of carbonyl (C=O) groups is 2. The summed E-state index contributed by atoms with van der Waals surface area (Å²) in [4.78, 5) is 43.3. The second kappa shape index (κ2) is 8.16. The van der Waals surface area contributed by atoms with Crippen molar-refractivity contribution in [3.05, 3.63) is 61.8 Å². The van der Waals surface area contributed by atoms with Gasteiger partial charge in [-0.05, 0) is 55.9 Å². The van der Waals surface area contributed by atoms with Crippen LogP contribution in [0.5, 0.6) is 0 Å². The molecule has 150 valence electrons. The van der Waals surface area contributed by atoms with E-state index >= 15 is 0 Å². The van der Waals surface area contributed by atoms with Crippen LogP contribution >= 0.6 is 11.3 Å². The molecule has 1 aliphatic rings. The minimum Gasteiger partial charge on any atom is -0.289 e. The molecule has 0 unspecified atom stereocenters. The second-order valence-electron chi connectivity index (χ2n) is 7.27. The number of aryl methyl sites for hydroxylation is 3. The van der Waals surface area contributed by atoms with Crippen LogP contribution in [0.3, 0.4) is 0 Å². The monoisotopic (exact) mass is 410 g/mol. The largest absolute Gasteiger partial charge is 0.289 e. The Morgan fingerprint density at radius 3 is 2.86 bits per heavy atom. The standard InChI is InChI=1S/C21H22N4O3S/c1-13-6-5-8-15-19(13)22-12-25(21(15)28)11-18(26)23-24-20(27)17-10-14-7-3-2-4-9-16(14)29-17/h5-6,8,10,12H,2-4,7,9,11H2,1H3,(H,23,26)(H,24,27). The maximum atomic E-state index is 12.6. The van der Waals surface area contributed by atoms with Crippen molar-refractivity contribution >= 4 is 34.1 Å². The van der Waals surface area contributed by atoms with Crippen molar-refractivity contribution in [2.24, 2.45) is 0 Å². The maximum Gasteiger partial charge on any atom is 0.279 e. The molecule has 7 nitrogen and oxygen atoms in total. The zero-order chi connectivity index (χ0) is 20.4. The smallest absolute Gasteiger partial charge is 0.279 e. The van der Waals surface area contributed by atoms with E-state index in [1.165, 1.54) is 39.1 Å². The molecule has 4 rings (SSSR count). The van der Waals surface area contributed by atoms with Crippen LogP contribution in [0.4, 0.5) is 0 Å². The van der Waals surface area contributed by atoms with Gasteiger partial charge in [0.1, 0.15) is 6.54 Å². The number of benzene rings is 1. The van der Waals surface area contributed by atoms with Crippen molar-refractivity contribution in [2.45, 2.75) is 45.6 Å². The molecule has 3 aromatic rings. The molecule has 0 bridgehead atoms. The van der Waals surface area contributed by atoms with Crippen LogP contribution < -0.4 is 16.4 Å². The van der Waals surface area contributed by atoms with E-state index in [2.05, 4.69) is 15.8 Å². The molecule has 0 fully saturated rings. The lowest BCUT2D eigenvalue weighted by Gasteiger charge is -2.09. The number of rotatable bonds is 3. The Labute approximate surface area is 171 Å². The highest BCUT2D eigenvalue weighted by Gasteiger charge is 2.17. The van der Waals surface area contributed by atoms with Crippen molar-refractivity contribution < 1.29 is 9.59 Å². The van der Waals surface area contributed by atoms with Gasteiger partial charge in [0.05, 0.1) is 22.1 Å². The number of thiophene rings is 1. The Hall–Kier alpha value is -3.00. The average Bonchev–Trinajstić information content (AvgIpc) is 2.99. The summed E-state index contributed by atoms with van der Waals surface area (Å²) in [5.41, 5.74) is 7.31. The van der Waals surface area contributed by atoms with Gasteiger partial charge in [-0.1, -0.05) is 18.6 Å². The van der Waals surface area contributed by atoms with Crippen LogP contribution in [0.25, 0.3) is 10.9 Å². The Kier molecular flexibility index (Phi) is 5.44. The predicted octanol–water partition coefficient (Wildman–Crippen LogP) is 2.50. The van der Waals surface area contributed by atoms with E-state index in [9.17, 15) is 14.4 Å². The van der Waals surface area contributed by atoms with Crippen molar-refractivity contribution in [1.82, 2.24) is 20.4 Å². The molecule has 1 aliphatic carbocycles. The average molecular weight is 410 g/mol. The van der Waals surface area contributed by atoms with Crippen LogP contribution in [0.2, 0.25) is 0 Å². The quantitative estimate of drug-likeness (QED) is 0.513. The first kappa shape index (κ1) is 19.3. The van der Waals surface area contributed by atoms with Gasteiger partial charge >= 0.3 is 0 Å². The minimum atomic E-state index is -0.493. The predicted molar refractivity (Wildman–Crippen MR) is 112 cm³/mol. The van der Waals surface area contributed by atoms with E-state index < -0.39 is 5.91 Å². The summed E-state index contributed by atoms with van der Waals surface area (Å²) in [6.07, 6.45) is 6.89. The highest BCUT2D eigenvalue weighted by Crippen LogP contribution is 2.28. The molecule has 29 heavy (non-hydrogen) atoms. The minimum absolute atomic E-state index is 0.225. The van der Waals surface area contributed by atoms with Crippen LogP contribution in [-0.2, 0) is 24.2 Å². The number of nitrogens with one attached hydrogen (secondary N) is 2. The molecule has 0 atom stereocenters. The molecule has 2 amide bonds. The fraction of sp³-hybridized carbons (Fsp3) is 0.333. The van der Waals surface area contributed by atoms with E-state index in [1.807, 2.05) is 19.1 Å². The summed E-state index contributed by atoms with van der Waals surface area (Å²) < 4.78 is 1.23. The first-order valence-electron chi connectivity index (χ1n) is 9.68. The summed E-state index contributed by atoms with van der Waals surface area (Å²) in [5, 5.41) is 0.462. The lowest BCUT2D eigenvalue weighted by atomic mass is 10.1. The fourth-order valence-corrected chi connectivity index (χ4v) is 4.76. The zero-order valence-corrected chi connectivity index (χ0v) is 17.0. The zero-order valence-electron chi connectivity index (χ0n) is 16.2. The van der Waals surface area contributed by atoms with Gasteiger partial charge in [0.2, 0.25) is 0 Å². The molecule has 0 radical (unpaired) electrons. The topological polar surface area (TPSA) is 93.1 Å². The van der Waals surface area contributed by atoms with Crippen LogP contribution in [0.1, 0.15) is 44.9 Å². The number of carbonyl (C=O) groups excluding carboxylic acids is 2. The van der Waals surface area contributed by atoms with Gasteiger partial charge in [-0.15, -0.1) is 11.3 Å². The molecule has 0 saturated carbocycles. The van der Waals surface area contributed by atoms with Gasteiger partial charge in [0.25, 0.3) is 17.4 Å². The van der Waals surface area contributed by atoms with Crippen molar-refractivity contribution in [3.8, 4) is 0 Å². The van der Waals surface area contributed by atoms with E-state index in [4.69, 9.17) is 0 Å². The van der Waals surface area contributed by atoms with Gasteiger partial charge in [-0.3, -0.25) is 29.8 Å². The number of para-hydroxylation sites is 1. The molecule has 1 aromatic carbocycles. The Morgan fingerprint density at radius 2 is 2.00 bits per heavy atom.